The van der Waals surface area contributed by atoms with Crippen LogP contribution in [0.1, 0.15) is 6.92 Å². The van der Waals surface area contributed by atoms with Gasteiger partial charge in [0, 0.05) is 28.0 Å². The van der Waals surface area contributed by atoms with E-state index in [2.05, 4.69) is 11.7 Å². The molecule has 0 heterocycles. The van der Waals surface area contributed by atoms with Gasteiger partial charge in [0.2, 0.25) is 5.97 Å². The van der Waals surface area contributed by atoms with Crippen LogP contribution >= 0.6 is 0 Å². The molecule has 0 aliphatic rings. The summed E-state index contributed by atoms with van der Waals surface area (Å²) in [6.45, 7) is 3.75. The summed E-state index contributed by atoms with van der Waals surface area (Å²) in [7, 11) is 0. The molecule has 0 unspecified atom stereocenters. The first-order valence-corrected chi connectivity index (χ1v) is 2.12. The molecular formula is C5H7MoO5-. The third kappa shape index (κ3) is 9.33. The first kappa shape index (κ1) is 16.7. The van der Waals surface area contributed by atoms with E-state index in [1.807, 2.05) is 0 Å². The van der Waals surface area contributed by atoms with Gasteiger partial charge < -0.3 is 19.8 Å². The van der Waals surface area contributed by atoms with Crippen LogP contribution in [0.3, 0.4) is 0 Å². The van der Waals surface area contributed by atoms with Crippen LogP contribution in [0.15, 0.2) is 0 Å². The second-order valence-electron chi connectivity index (χ2n) is 1.30. The normalized spacial score (nSPS) is 6.64. The Labute approximate surface area is 77.7 Å². The third-order valence-corrected chi connectivity index (χ3v) is 0.464. The zero-order chi connectivity index (χ0) is 7.44. The number of carbonyl (C=O) groups excluding carboxylic acids is 3. The fourth-order valence-electron chi connectivity index (χ4n) is 0.187. The predicted octanol–water partition coefficient (Wildman–Crippen LogP) is -1.35. The fraction of sp³-hybridized carbons (Fsp3) is 0.200. The van der Waals surface area contributed by atoms with Crippen molar-refractivity contribution in [3.05, 3.63) is 6.92 Å². The summed E-state index contributed by atoms with van der Waals surface area (Å²) in [5.41, 5.74) is 0. The van der Waals surface area contributed by atoms with E-state index in [4.69, 9.17) is 0 Å². The van der Waals surface area contributed by atoms with Gasteiger partial charge in [-0.15, -0.1) is 0 Å². The van der Waals surface area contributed by atoms with Crippen LogP contribution in [0.5, 0.6) is 0 Å². The average molecular weight is 243 g/mol. The van der Waals surface area contributed by atoms with Crippen molar-refractivity contribution < 1.29 is 45.7 Å². The van der Waals surface area contributed by atoms with Crippen molar-refractivity contribution in [1.29, 1.82) is 0 Å². The van der Waals surface area contributed by atoms with E-state index in [0.717, 1.165) is 6.92 Å². The van der Waals surface area contributed by atoms with E-state index in [9.17, 15) is 14.4 Å². The summed E-state index contributed by atoms with van der Waals surface area (Å²) in [6.07, 6.45) is 0. The largest absolute Gasteiger partial charge is 0.481 e. The second kappa shape index (κ2) is 7.44. The topological polar surface area (TPSA) is 91.9 Å². The number of ether oxygens (including phenoxy) is 1. The van der Waals surface area contributed by atoms with E-state index in [1.165, 1.54) is 0 Å². The molecule has 64 valence electrons. The molecule has 0 rings (SSSR count). The molecule has 5 nitrogen and oxygen atoms in total. The molecule has 0 aromatic rings. The molecule has 11 heavy (non-hydrogen) atoms. The molecule has 0 aliphatic heterocycles. The average Bonchev–Trinajstić information content (AvgIpc) is 1.63. The van der Waals surface area contributed by atoms with Gasteiger partial charge in [-0.05, 0) is 0 Å². The molecule has 2 N–H and O–H groups in total. The Morgan fingerprint density at radius 2 is 1.64 bits per heavy atom. The number of hydrogen-bond donors (Lipinski definition) is 0. The summed E-state index contributed by atoms with van der Waals surface area (Å²) >= 11 is 0. The third-order valence-electron chi connectivity index (χ3n) is 0.464. The SMILES string of the molecule is O.[CH2-]C(=O)C(=O)OC(C)=O.[Mo]. The zero-order valence-corrected chi connectivity index (χ0v) is 7.76. The minimum absolute atomic E-state index is 0. The molecule has 0 aromatic heterocycles. The summed E-state index contributed by atoms with van der Waals surface area (Å²) < 4.78 is 3.82. The second-order valence-corrected chi connectivity index (χ2v) is 1.30. The fourth-order valence-corrected chi connectivity index (χ4v) is 0.187. The van der Waals surface area contributed by atoms with Crippen molar-refractivity contribution in [2.24, 2.45) is 0 Å². The Morgan fingerprint density at radius 1 is 1.27 bits per heavy atom. The van der Waals surface area contributed by atoms with Gasteiger partial charge in [-0.3, -0.25) is 4.79 Å². The Kier molecular flexibility index (Phi) is 11.3. The van der Waals surface area contributed by atoms with Crippen molar-refractivity contribution in [3.8, 4) is 0 Å². The van der Waals surface area contributed by atoms with Gasteiger partial charge in [-0.1, -0.05) is 0 Å². The van der Waals surface area contributed by atoms with Gasteiger partial charge in [0.15, 0.2) is 0 Å². The van der Waals surface area contributed by atoms with E-state index < -0.39 is 17.7 Å². The van der Waals surface area contributed by atoms with Gasteiger partial charge in [0.1, 0.15) is 0 Å². The molecule has 0 aliphatic carbocycles. The first-order chi connectivity index (χ1) is 4.04. The first-order valence-electron chi connectivity index (χ1n) is 2.12. The molecule has 0 atom stereocenters. The number of esters is 2. The summed E-state index contributed by atoms with van der Waals surface area (Å²) in [5.74, 6) is -3.05. The van der Waals surface area contributed by atoms with E-state index in [0.29, 0.717) is 0 Å². The molecule has 6 heteroatoms. The van der Waals surface area contributed by atoms with Gasteiger partial charge in [0.25, 0.3) is 5.97 Å². The minimum Gasteiger partial charge on any atom is -0.481 e. The van der Waals surface area contributed by atoms with Gasteiger partial charge in [-0.2, -0.15) is 6.92 Å². The Hall–Kier alpha value is -0.672. The van der Waals surface area contributed by atoms with Gasteiger partial charge >= 0.3 is 0 Å². The van der Waals surface area contributed by atoms with Crippen molar-refractivity contribution in [3.63, 3.8) is 0 Å². The summed E-state index contributed by atoms with van der Waals surface area (Å²) in [6, 6.07) is 0. The van der Waals surface area contributed by atoms with Crippen LogP contribution in [0.25, 0.3) is 0 Å². The van der Waals surface area contributed by atoms with Crippen LogP contribution in [0.2, 0.25) is 0 Å². The van der Waals surface area contributed by atoms with E-state index in [1.54, 1.807) is 0 Å². The monoisotopic (exact) mass is 245 g/mol. The summed E-state index contributed by atoms with van der Waals surface area (Å²) in [4.78, 5) is 30.0. The molecule has 0 aromatic carbocycles. The summed E-state index contributed by atoms with van der Waals surface area (Å²) in [5, 5.41) is 0. The maximum atomic E-state index is 10.1. The zero-order valence-electron chi connectivity index (χ0n) is 5.75. The molecule has 0 amide bonds. The Balaban J connectivity index is -0.000000320. The molecule has 0 fully saturated rings. The number of ketones is 1. The van der Waals surface area contributed by atoms with Crippen LogP contribution in [-0.2, 0) is 40.2 Å². The number of carbonyl (C=O) groups is 3. The molecule has 0 spiro atoms. The van der Waals surface area contributed by atoms with Crippen molar-refractivity contribution in [2.45, 2.75) is 6.92 Å². The Morgan fingerprint density at radius 3 is 1.73 bits per heavy atom. The maximum absolute atomic E-state index is 10.1. The van der Waals surface area contributed by atoms with Crippen LogP contribution < -0.4 is 0 Å². The molecular weight excluding hydrogens is 236 g/mol. The van der Waals surface area contributed by atoms with E-state index in [-0.39, 0.29) is 26.5 Å². The van der Waals surface area contributed by atoms with Gasteiger partial charge in [0.05, 0.1) is 5.78 Å². The number of rotatable bonds is 1. The molecule has 0 saturated carbocycles. The predicted molar refractivity (Wildman–Crippen MR) is 30.8 cm³/mol. The quantitative estimate of drug-likeness (QED) is 0.187. The molecule has 0 saturated heterocycles. The van der Waals surface area contributed by atoms with Crippen LogP contribution in [-0.4, -0.2) is 23.2 Å². The standard InChI is InChI=1S/C5H5O4.Mo.H2O/c1-3(6)5(8)9-4(2)7;;/h1H2,2H3;;1H2/q-1;;. The molecule has 0 radical (unpaired) electrons. The van der Waals surface area contributed by atoms with E-state index >= 15 is 0 Å². The Bertz CT molecular complexity index is 164. The number of hydrogen-bond acceptors (Lipinski definition) is 4. The smallest absolute Gasteiger partial charge is 0.293 e. The maximum Gasteiger partial charge on any atom is 0.293 e. The van der Waals surface area contributed by atoms with Crippen molar-refractivity contribution >= 4 is 17.7 Å². The minimum atomic E-state index is -1.22. The van der Waals surface area contributed by atoms with Gasteiger partial charge in [-0.25, -0.2) is 0 Å². The van der Waals surface area contributed by atoms with Crippen LogP contribution in [0.4, 0.5) is 0 Å². The number of Topliss-reactive ketones (excluding diaryl/α,β-unsaturated/α-hetero) is 1. The molecule has 0 bridgehead atoms. The van der Waals surface area contributed by atoms with Crippen molar-refractivity contribution in [2.75, 3.05) is 0 Å². The van der Waals surface area contributed by atoms with Crippen molar-refractivity contribution in [1.82, 2.24) is 0 Å². The van der Waals surface area contributed by atoms with Crippen LogP contribution in [0, 0.1) is 6.92 Å².